The van der Waals surface area contributed by atoms with Gasteiger partial charge in [0.2, 0.25) is 5.91 Å². The van der Waals surface area contributed by atoms with Crippen LogP contribution in [0, 0.1) is 5.82 Å². The van der Waals surface area contributed by atoms with Crippen LogP contribution in [-0.4, -0.2) is 35.9 Å². The Hall–Kier alpha value is -1.89. The number of anilines is 1. The fraction of sp³-hybridized carbons (Fsp3) is 0.357. The van der Waals surface area contributed by atoms with Gasteiger partial charge in [-0.25, -0.2) is 9.18 Å². The number of carbonyl (C=O) groups is 3. The van der Waals surface area contributed by atoms with Gasteiger partial charge in [-0.3, -0.25) is 9.59 Å². The highest BCUT2D eigenvalue weighted by atomic mass is 32.2. The third-order valence-electron chi connectivity index (χ3n) is 3.09. The second-order valence-corrected chi connectivity index (χ2v) is 6.04. The van der Waals surface area contributed by atoms with Gasteiger partial charge in [0.05, 0.1) is 12.8 Å². The van der Waals surface area contributed by atoms with Crippen LogP contribution in [0.4, 0.5) is 10.1 Å². The van der Waals surface area contributed by atoms with Crippen LogP contribution in [0.15, 0.2) is 18.2 Å². The van der Waals surface area contributed by atoms with Crippen molar-refractivity contribution in [3.8, 4) is 0 Å². The van der Waals surface area contributed by atoms with Crippen molar-refractivity contribution >= 4 is 34.4 Å². The van der Waals surface area contributed by atoms with Crippen molar-refractivity contribution in [1.82, 2.24) is 0 Å². The Morgan fingerprint density at radius 2 is 2.14 bits per heavy atom. The molecule has 1 aliphatic rings. The summed E-state index contributed by atoms with van der Waals surface area (Å²) in [4.78, 5) is 36.2. The lowest BCUT2D eigenvalue weighted by Crippen LogP contribution is -2.27. The molecule has 1 atom stereocenters. The van der Waals surface area contributed by atoms with Crippen molar-refractivity contribution in [2.75, 3.05) is 18.6 Å². The quantitative estimate of drug-likeness (QED) is 0.799. The topological polar surface area (TPSA) is 63.7 Å². The maximum absolute atomic E-state index is 13.9. The lowest BCUT2D eigenvalue weighted by Gasteiger charge is -2.19. The SMILES string of the molecule is COC(=O)c1c(F)cccc1N1CC(SC(C)=O)CC1=O. The molecule has 7 heteroatoms. The molecule has 1 aromatic carbocycles. The monoisotopic (exact) mass is 311 g/mol. The third kappa shape index (κ3) is 3.24. The number of esters is 1. The Morgan fingerprint density at radius 3 is 2.76 bits per heavy atom. The standard InChI is InChI=1S/C14H14FNO4S/c1-8(17)21-9-6-12(18)16(7-9)11-5-3-4-10(15)13(11)14(19)20-2/h3-5,9H,6-7H2,1-2H3. The van der Waals surface area contributed by atoms with Gasteiger partial charge in [-0.2, -0.15) is 0 Å². The molecule has 1 heterocycles. The van der Waals surface area contributed by atoms with E-state index in [1.807, 2.05) is 0 Å². The molecular weight excluding hydrogens is 297 g/mol. The highest BCUT2D eigenvalue weighted by molar-refractivity contribution is 8.14. The maximum atomic E-state index is 13.9. The molecule has 0 N–H and O–H groups in total. The zero-order valence-electron chi connectivity index (χ0n) is 11.6. The van der Waals surface area contributed by atoms with Crippen molar-refractivity contribution < 1.29 is 23.5 Å². The predicted octanol–water partition coefficient (Wildman–Crippen LogP) is 2.00. The van der Waals surface area contributed by atoms with E-state index in [4.69, 9.17) is 0 Å². The summed E-state index contributed by atoms with van der Waals surface area (Å²) in [5, 5.41) is -0.272. The van der Waals surface area contributed by atoms with E-state index in [0.717, 1.165) is 24.9 Å². The number of hydrogen-bond donors (Lipinski definition) is 0. The zero-order valence-corrected chi connectivity index (χ0v) is 12.4. The lowest BCUT2D eigenvalue weighted by molar-refractivity contribution is -0.117. The van der Waals surface area contributed by atoms with Crippen molar-refractivity contribution in [1.29, 1.82) is 0 Å². The molecule has 0 saturated carbocycles. The van der Waals surface area contributed by atoms with Crippen LogP contribution in [0.1, 0.15) is 23.7 Å². The van der Waals surface area contributed by atoms with E-state index in [1.54, 1.807) is 0 Å². The molecule has 0 bridgehead atoms. The van der Waals surface area contributed by atoms with Gasteiger partial charge < -0.3 is 9.64 Å². The molecule has 0 radical (unpaired) electrons. The average molecular weight is 311 g/mol. The highest BCUT2D eigenvalue weighted by Crippen LogP contribution is 2.32. The van der Waals surface area contributed by atoms with E-state index in [-0.39, 0.29) is 40.5 Å². The summed E-state index contributed by atoms with van der Waals surface area (Å²) in [5.41, 5.74) is -0.0830. The smallest absolute Gasteiger partial charge is 0.343 e. The molecule has 1 aromatic rings. The van der Waals surface area contributed by atoms with Crippen molar-refractivity contribution in [2.24, 2.45) is 0 Å². The molecule has 1 fully saturated rings. The van der Waals surface area contributed by atoms with E-state index in [1.165, 1.54) is 24.0 Å². The Balaban J connectivity index is 2.34. The number of thioether (sulfide) groups is 1. The number of hydrogen-bond acceptors (Lipinski definition) is 5. The second-order valence-electron chi connectivity index (χ2n) is 4.57. The second kappa shape index (κ2) is 6.26. The first-order valence-electron chi connectivity index (χ1n) is 6.28. The highest BCUT2D eigenvalue weighted by Gasteiger charge is 2.34. The number of nitrogens with zero attached hydrogens (tertiary/aromatic N) is 1. The van der Waals surface area contributed by atoms with Gasteiger partial charge in [0.1, 0.15) is 11.4 Å². The molecule has 1 unspecified atom stereocenters. The van der Waals surface area contributed by atoms with Crippen LogP contribution in [0.5, 0.6) is 0 Å². The Morgan fingerprint density at radius 1 is 1.43 bits per heavy atom. The minimum Gasteiger partial charge on any atom is -0.465 e. The number of ether oxygens (including phenoxy) is 1. The van der Waals surface area contributed by atoms with Crippen molar-refractivity contribution in [2.45, 2.75) is 18.6 Å². The summed E-state index contributed by atoms with van der Waals surface area (Å²) in [6.07, 6.45) is 0.182. The van der Waals surface area contributed by atoms with Gasteiger partial charge in [0.15, 0.2) is 5.12 Å². The minimum absolute atomic E-state index is 0.0814. The van der Waals surface area contributed by atoms with Crippen LogP contribution < -0.4 is 4.90 Å². The number of methoxy groups -OCH3 is 1. The summed E-state index contributed by atoms with van der Waals surface area (Å²) in [5.74, 6) is -1.82. The molecule has 0 aliphatic carbocycles. The molecule has 1 saturated heterocycles. The number of rotatable bonds is 3. The summed E-state index contributed by atoms with van der Waals surface area (Å²) in [7, 11) is 1.15. The van der Waals surface area contributed by atoms with Gasteiger partial charge >= 0.3 is 5.97 Å². The predicted molar refractivity (Wildman–Crippen MR) is 76.8 cm³/mol. The fourth-order valence-electron chi connectivity index (χ4n) is 2.26. The van der Waals surface area contributed by atoms with Crippen LogP contribution >= 0.6 is 11.8 Å². The van der Waals surface area contributed by atoms with Gasteiger partial charge in [0.25, 0.3) is 0 Å². The van der Waals surface area contributed by atoms with Gasteiger partial charge in [0, 0.05) is 25.1 Å². The first kappa shape index (κ1) is 15.5. The number of halogens is 1. The summed E-state index contributed by atoms with van der Waals surface area (Å²) >= 11 is 1.08. The number of benzene rings is 1. The molecule has 1 amide bonds. The first-order valence-corrected chi connectivity index (χ1v) is 7.16. The molecule has 21 heavy (non-hydrogen) atoms. The minimum atomic E-state index is -0.835. The van der Waals surface area contributed by atoms with Crippen molar-refractivity contribution in [3.05, 3.63) is 29.6 Å². The molecule has 2 rings (SSSR count). The van der Waals surface area contributed by atoms with Gasteiger partial charge in [-0.05, 0) is 12.1 Å². The maximum Gasteiger partial charge on any atom is 0.343 e. The summed E-state index contributed by atoms with van der Waals surface area (Å²) in [6.45, 7) is 1.69. The van der Waals surface area contributed by atoms with E-state index in [0.29, 0.717) is 0 Å². The molecule has 0 spiro atoms. The largest absolute Gasteiger partial charge is 0.465 e. The fourth-order valence-corrected chi connectivity index (χ4v) is 3.18. The van der Waals surface area contributed by atoms with Crippen LogP contribution in [-0.2, 0) is 14.3 Å². The average Bonchev–Trinajstić information content (AvgIpc) is 2.77. The van der Waals surface area contributed by atoms with E-state index >= 15 is 0 Å². The van der Waals surface area contributed by atoms with Crippen LogP contribution in [0.2, 0.25) is 0 Å². The van der Waals surface area contributed by atoms with Crippen LogP contribution in [0.3, 0.4) is 0 Å². The molecule has 112 valence electrons. The molecule has 0 aromatic heterocycles. The lowest BCUT2D eigenvalue weighted by atomic mass is 10.1. The van der Waals surface area contributed by atoms with E-state index in [9.17, 15) is 18.8 Å². The van der Waals surface area contributed by atoms with Gasteiger partial charge in [-0.15, -0.1) is 0 Å². The summed E-state index contributed by atoms with van der Waals surface area (Å²) in [6, 6.07) is 4.06. The van der Waals surface area contributed by atoms with E-state index < -0.39 is 11.8 Å². The van der Waals surface area contributed by atoms with Crippen LogP contribution in [0.25, 0.3) is 0 Å². The summed E-state index contributed by atoms with van der Waals surface area (Å²) < 4.78 is 18.4. The molecule has 1 aliphatic heterocycles. The number of carbonyl (C=O) groups excluding carboxylic acids is 3. The molecule has 5 nitrogen and oxygen atoms in total. The third-order valence-corrected chi connectivity index (χ3v) is 4.08. The van der Waals surface area contributed by atoms with E-state index in [2.05, 4.69) is 4.74 Å². The zero-order chi connectivity index (χ0) is 15.6. The van der Waals surface area contributed by atoms with Crippen molar-refractivity contribution in [3.63, 3.8) is 0 Å². The Bertz CT molecular complexity index is 605. The number of amides is 1. The first-order chi connectivity index (χ1) is 9.93. The Kier molecular flexibility index (Phi) is 4.62. The normalized spacial score (nSPS) is 18.0. The Labute approximate surface area is 125 Å². The van der Waals surface area contributed by atoms with Gasteiger partial charge in [-0.1, -0.05) is 17.8 Å². The molecular formula is C14H14FNO4S.